The van der Waals surface area contributed by atoms with Crippen LogP contribution in [-0.4, -0.2) is 38.6 Å². The lowest BCUT2D eigenvalue weighted by atomic mass is 9.97. The van der Waals surface area contributed by atoms with E-state index in [0.29, 0.717) is 27.9 Å². The minimum Gasteiger partial charge on any atom is -0.494 e. The van der Waals surface area contributed by atoms with Gasteiger partial charge in [0.05, 0.1) is 36.4 Å². The van der Waals surface area contributed by atoms with E-state index in [1.807, 2.05) is 47.3 Å². The van der Waals surface area contributed by atoms with Gasteiger partial charge in [-0.1, -0.05) is 58.7 Å². The maximum Gasteiger partial charge on any atom is 0.144 e. The van der Waals surface area contributed by atoms with Crippen LogP contribution in [-0.2, 0) is 19.3 Å². The number of benzene rings is 3. The number of aromatic nitrogens is 5. The van der Waals surface area contributed by atoms with Crippen LogP contribution in [0.25, 0.3) is 34.0 Å². The van der Waals surface area contributed by atoms with E-state index in [0.717, 1.165) is 65.1 Å². The molecule has 0 spiro atoms. The van der Waals surface area contributed by atoms with Gasteiger partial charge in [0.1, 0.15) is 22.8 Å². The molecule has 1 aliphatic rings. The van der Waals surface area contributed by atoms with E-state index in [-0.39, 0.29) is 6.67 Å². The number of hydrogen-bond donors (Lipinski definition) is 0. The molecule has 39 heavy (non-hydrogen) atoms. The summed E-state index contributed by atoms with van der Waals surface area (Å²) in [7, 11) is 1.63. The highest BCUT2D eigenvalue weighted by Crippen LogP contribution is 2.41. The lowest BCUT2D eigenvalue weighted by Crippen LogP contribution is -2.02. The maximum atomic E-state index is 12.9. The molecule has 6 nitrogen and oxygen atoms in total. The van der Waals surface area contributed by atoms with E-state index in [1.165, 1.54) is 5.56 Å². The first kappa shape index (κ1) is 25.6. The molecule has 198 valence electrons. The number of ether oxygens (including phenoxy) is 1. The Kier molecular flexibility index (Phi) is 7.11. The van der Waals surface area contributed by atoms with Gasteiger partial charge in [-0.25, -0.2) is 9.36 Å². The van der Waals surface area contributed by atoms with Crippen LogP contribution >= 0.6 is 23.2 Å². The molecule has 0 radical (unpaired) electrons. The van der Waals surface area contributed by atoms with Crippen molar-refractivity contribution < 1.29 is 9.13 Å². The minimum atomic E-state index is -0.317. The zero-order valence-corrected chi connectivity index (χ0v) is 22.9. The normalized spacial score (nSPS) is 12.6. The van der Waals surface area contributed by atoms with Gasteiger partial charge in [0.15, 0.2) is 0 Å². The molecule has 1 aliphatic carbocycles. The van der Waals surface area contributed by atoms with E-state index >= 15 is 0 Å². The van der Waals surface area contributed by atoms with Crippen molar-refractivity contribution >= 4 is 23.2 Å². The minimum absolute atomic E-state index is 0.317. The summed E-state index contributed by atoms with van der Waals surface area (Å²) in [6.45, 7) is -0.317. The number of fused-ring (bicyclic) bond motifs is 3. The molecule has 0 amide bonds. The average molecular weight is 562 g/mol. The molecule has 2 aromatic heterocycles. The standard InChI is InChI=1S/C30H26Cl2FN5O/c1-39-28-10-3-2-9-27(28)37-18-25(34-36-37)29-23-8-4-7-20-16-19(6-5-15-33)11-13-22(20)30(23)38(35-29)26-14-12-21(31)17-24(26)32/h2-3,9-14,16-18H,4-8,15H2,1H3. The van der Waals surface area contributed by atoms with Crippen molar-refractivity contribution in [1.29, 1.82) is 0 Å². The fourth-order valence-electron chi connectivity index (χ4n) is 5.27. The van der Waals surface area contributed by atoms with Crippen LogP contribution in [0, 0.1) is 0 Å². The van der Waals surface area contributed by atoms with Gasteiger partial charge in [-0.2, -0.15) is 5.10 Å². The van der Waals surface area contributed by atoms with E-state index in [1.54, 1.807) is 17.9 Å². The van der Waals surface area contributed by atoms with Gasteiger partial charge in [-0.3, -0.25) is 4.39 Å². The summed E-state index contributed by atoms with van der Waals surface area (Å²) < 4.78 is 22.0. The molecule has 0 unspecified atom stereocenters. The van der Waals surface area contributed by atoms with Crippen molar-refractivity contribution in [3.05, 3.63) is 93.6 Å². The third-order valence-corrected chi connectivity index (χ3v) is 7.62. The molecule has 3 aromatic carbocycles. The van der Waals surface area contributed by atoms with E-state index in [4.69, 9.17) is 33.0 Å². The third-order valence-electron chi connectivity index (χ3n) is 7.09. The Morgan fingerprint density at radius 1 is 1.00 bits per heavy atom. The number of halogens is 3. The van der Waals surface area contributed by atoms with E-state index < -0.39 is 0 Å². The quantitative estimate of drug-likeness (QED) is 0.206. The first-order valence-electron chi connectivity index (χ1n) is 12.9. The number of aryl methyl sites for hydroxylation is 2. The molecule has 0 fully saturated rings. The SMILES string of the molecule is COc1ccccc1-n1cc(-c2nn(-c3ccc(Cl)cc3Cl)c3c2CCCc2cc(CCCF)ccc2-3)nn1. The lowest BCUT2D eigenvalue weighted by Gasteiger charge is -2.14. The fourth-order valence-corrected chi connectivity index (χ4v) is 5.76. The molecular weight excluding hydrogens is 536 g/mol. The van der Waals surface area contributed by atoms with Crippen molar-refractivity contribution in [1.82, 2.24) is 24.8 Å². The number of hydrogen-bond acceptors (Lipinski definition) is 4. The van der Waals surface area contributed by atoms with Crippen LogP contribution in [0.15, 0.2) is 66.9 Å². The first-order chi connectivity index (χ1) is 19.1. The number of alkyl halides is 1. The number of para-hydroxylation sites is 2. The molecule has 0 atom stereocenters. The zero-order valence-electron chi connectivity index (χ0n) is 21.4. The molecule has 2 heterocycles. The monoisotopic (exact) mass is 561 g/mol. The second kappa shape index (κ2) is 10.8. The Hall–Kier alpha value is -3.68. The van der Waals surface area contributed by atoms with Crippen molar-refractivity contribution in [3.63, 3.8) is 0 Å². The Morgan fingerprint density at radius 2 is 1.87 bits per heavy atom. The van der Waals surface area contributed by atoms with E-state index in [9.17, 15) is 4.39 Å². The van der Waals surface area contributed by atoms with E-state index in [2.05, 4.69) is 28.5 Å². The summed E-state index contributed by atoms with van der Waals surface area (Å²) in [5, 5.41) is 15.1. The summed E-state index contributed by atoms with van der Waals surface area (Å²) in [6, 6.07) is 19.5. The van der Waals surface area contributed by atoms with Crippen molar-refractivity contribution in [2.45, 2.75) is 32.1 Å². The number of methoxy groups -OCH3 is 1. The van der Waals surface area contributed by atoms with Crippen LogP contribution in [0.5, 0.6) is 5.75 Å². The maximum absolute atomic E-state index is 12.9. The highest BCUT2D eigenvalue weighted by molar-refractivity contribution is 6.35. The summed E-state index contributed by atoms with van der Waals surface area (Å²) in [5.74, 6) is 0.698. The van der Waals surface area contributed by atoms with Crippen LogP contribution in [0.3, 0.4) is 0 Å². The molecule has 0 bridgehead atoms. The Balaban J connectivity index is 1.54. The first-order valence-corrected chi connectivity index (χ1v) is 13.6. The molecule has 0 aliphatic heterocycles. The van der Waals surface area contributed by atoms with Gasteiger partial charge in [0.2, 0.25) is 0 Å². The highest BCUT2D eigenvalue weighted by Gasteiger charge is 2.28. The molecule has 0 saturated carbocycles. The Labute approximate surface area is 235 Å². The Bertz CT molecular complexity index is 1660. The van der Waals surface area contributed by atoms with Crippen LogP contribution in [0.1, 0.15) is 29.5 Å². The predicted octanol–water partition coefficient (Wildman–Crippen LogP) is 7.49. The largest absolute Gasteiger partial charge is 0.494 e. The smallest absolute Gasteiger partial charge is 0.144 e. The predicted molar refractivity (Wildman–Crippen MR) is 152 cm³/mol. The van der Waals surface area contributed by atoms with Gasteiger partial charge in [-0.05, 0) is 73.6 Å². The van der Waals surface area contributed by atoms with Crippen molar-refractivity contribution in [2.24, 2.45) is 0 Å². The summed E-state index contributed by atoms with van der Waals surface area (Å²) >= 11 is 12.9. The van der Waals surface area contributed by atoms with Gasteiger partial charge < -0.3 is 4.74 Å². The second-order valence-corrected chi connectivity index (χ2v) is 10.4. The van der Waals surface area contributed by atoms with Crippen molar-refractivity contribution in [2.75, 3.05) is 13.8 Å². The molecule has 6 rings (SSSR count). The van der Waals surface area contributed by atoms with Crippen molar-refractivity contribution in [3.8, 4) is 39.8 Å². The number of nitrogens with zero attached hydrogens (tertiary/aromatic N) is 5. The lowest BCUT2D eigenvalue weighted by molar-refractivity contribution is 0.411. The molecule has 0 saturated heterocycles. The second-order valence-electron chi connectivity index (χ2n) is 9.54. The molecular formula is C30H26Cl2FN5O. The summed E-state index contributed by atoms with van der Waals surface area (Å²) in [4.78, 5) is 0. The molecule has 9 heteroatoms. The average Bonchev–Trinajstić information content (AvgIpc) is 3.52. The van der Waals surface area contributed by atoms with Crippen LogP contribution < -0.4 is 4.74 Å². The van der Waals surface area contributed by atoms with Gasteiger partial charge in [0.25, 0.3) is 0 Å². The van der Waals surface area contributed by atoms with Crippen LogP contribution in [0.2, 0.25) is 10.0 Å². The fraction of sp³-hybridized carbons (Fsp3) is 0.233. The van der Waals surface area contributed by atoms with Gasteiger partial charge in [-0.15, -0.1) is 5.10 Å². The van der Waals surface area contributed by atoms with Gasteiger partial charge >= 0.3 is 0 Å². The van der Waals surface area contributed by atoms with Crippen LogP contribution in [0.4, 0.5) is 4.39 Å². The Morgan fingerprint density at radius 3 is 2.69 bits per heavy atom. The van der Waals surface area contributed by atoms with Gasteiger partial charge in [0, 0.05) is 16.1 Å². The summed E-state index contributed by atoms with van der Waals surface area (Å²) in [5.41, 5.74) is 8.45. The molecule has 5 aromatic rings. The third kappa shape index (κ3) is 4.81. The number of rotatable bonds is 7. The zero-order chi connectivity index (χ0) is 26.9. The summed E-state index contributed by atoms with van der Waals surface area (Å²) in [6.07, 6.45) is 5.78. The highest BCUT2D eigenvalue weighted by atomic mass is 35.5. The molecule has 0 N–H and O–H groups in total. The topological polar surface area (TPSA) is 57.8 Å².